The molecule has 1 aliphatic heterocycles. The van der Waals surface area contributed by atoms with Gasteiger partial charge in [-0.15, -0.1) is 0 Å². The Morgan fingerprint density at radius 3 is 2.63 bits per heavy atom. The van der Waals surface area contributed by atoms with Crippen molar-refractivity contribution < 1.29 is 17.2 Å². The summed E-state index contributed by atoms with van der Waals surface area (Å²) in [5, 5.41) is 0. The van der Waals surface area contributed by atoms with Crippen LogP contribution in [0.2, 0.25) is 0 Å². The van der Waals surface area contributed by atoms with Gasteiger partial charge in [-0.25, -0.2) is 17.2 Å². The van der Waals surface area contributed by atoms with Gasteiger partial charge in [0.1, 0.15) is 4.90 Å². The number of hydrogen-bond acceptors (Lipinski definition) is 3. The molecular weight excluding hydrogens is 274 g/mol. The fraction of sp³-hybridized carbons (Fsp3) is 0.333. The second-order valence-corrected chi connectivity index (χ2v) is 6.40. The molecule has 104 valence electrons. The summed E-state index contributed by atoms with van der Waals surface area (Å²) in [5.74, 6) is -2.65. The van der Waals surface area contributed by atoms with E-state index in [-0.39, 0.29) is 18.8 Å². The smallest absolute Gasteiger partial charge is 0.246 e. The van der Waals surface area contributed by atoms with Crippen molar-refractivity contribution in [2.24, 2.45) is 0 Å². The number of hydrogen-bond donors (Lipinski definition) is 1. The number of halogens is 2. The topological polar surface area (TPSA) is 63.4 Å². The molecule has 1 aromatic rings. The highest BCUT2D eigenvalue weighted by atomic mass is 32.2. The van der Waals surface area contributed by atoms with Crippen molar-refractivity contribution in [1.82, 2.24) is 4.31 Å². The van der Waals surface area contributed by atoms with E-state index in [1.165, 1.54) is 0 Å². The average Bonchev–Trinajstić information content (AvgIpc) is 2.33. The number of anilines is 1. The van der Waals surface area contributed by atoms with Gasteiger partial charge in [-0.2, -0.15) is 4.31 Å². The molecule has 0 amide bonds. The van der Waals surface area contributed by atoms with Crippen LogP contribution in [0.1, 0.15) is 13.3 Å². The maximum Gasteiger partial charge on any atom is 0.246 e. The number of benzene rings is 1. The van der Waals surface area contributed by atoms with Crippen LogP contribution in [-0.2, 0) is 10.0 Å². The van der Waals surface area contributed by atoms with E-state index >= 15 is 0 Å². The lowest BCUT2D eigenvalue weighted by Crippen LogP contribution is -2.36. The predicted octanol–water partition coefficient (Wildman–Crippen LogP) is 1.89. The summed E-state index contributed by atoms with van der Waals surface area (Å²) < 4.78 is 52.7. The van der Waals surface area contributed by atoms with Crippen LogP contribution in [0.4, 0.5) is 14.5 Å². The zero-order chi connectivity index (χ0) is 14.2. The number of nitrogen functional groups attached to an aromatic ring is 1. The van der Waals surface area contributed by atoms with E-state index in [1.54, 1.807) is 6.92 Å². The standard InChI is InChI=1S/C12H14F2N2O2S/c1-8-3-2-4-16(7-8)19(17,18)11-6-9(15)5-10(13)12(11)14/h3,5-6H,2,4,7,15H2,1H3. The number of rotatable bonds is 2. The van der Waals surface area contributed by atoms with Gasteiger partial charge in [-0.3, -0.25) is 0 Å². The average molecular weight is 288 g/mol. The summed E-state index contributed by atoms with van der Waals surface area (Å²) in [7, 11) is -4.07. The molecule has 19 heavy (non-hydrogen) atoms. The third kappa shape index (κ3) is 2.62. The first-order valence-corrected chi connectivity index (χ1v) is 7.16. The summed E-state index contributed by atoms with van der Waals surface area (Å²) in [6.07, 6.45) is 2.47. The lowest BCUT2D eigenvalue weighted by atomic mass is 10.2. The summed E-state index contributed by atoms with van der Waals surface area (Å²) in [5.41, 5.74) is 6.13. The summed E-state index contributed by atoms with van der Waals surface area (Å²) in [6, 6.07) is 1.71. The predicted molar refractivity (Wildman–Crippen MR) is 67.9 cm³/mol. The van der Waals surface area contributed by atoms with Crippen molar-refractivity contribution in [2.75, 3.05) is 18.8 Å². The Morgan fingerprint density at radius 1 is 1.32 bits per heavy atom. The molecule has 7 heteroatoms. The van der Waals surface area contributed by atoms with Gasteiger partial charge in [0.15, 0.2) is 11.6 Å². The van der Waals surface area contributed by atoms with Crippen LogP contribution in [0.5, 0.6) is 0 Å². The molecule has 0 saturated carbocycles. The first-order chi connectivity index (χ1) is 8.82. The quantitative estimate of drug-likeness (QED) is 0.667. The molecule has 0 radical (unpaired) electrons. The van der Waals surface area contributed by atoms with Crippen LogP contribution in [0.15, 0.2) is 28.7 Å². The number of sulfonamides is 1. The molecule has 2 N–H and O–H groups in total. The summed E-state index contributed by atoms with van der Waals surface area (Å²) in [4.78, 5) is -0.709. The normalized spacial score (nSPS) is 17.3. The zero-order valence-electron chi connectivity index (χ0n) is 10.4. The molecule has 0 atom stereocenters. The molecule has 0 spiro atoms. The van der Waals surface area contributed by atoms with Crippen molar-refractivity contribution in [3.05, 3.63) is 35.4 Å². The van der Waals surface area contributed by atoms with Crippen molar-refractivity contribution >= 4 is 15.7 Å². The van der Waals surface area contributed by atoms with Crippen LogP contribution in [0.3, 0.4) is 0 Å². The fourth-order valence-electron chi connectivity index (χ4n) is 1.99. The number of nitrogens with two attached hydrogens (primary N) is 1. The van der Waals surface area contributed by atoms with E-state index in [0.717, 1.165) is 22.0 Å². The molecule has 0 saturated heterocycles. The minimum atomic E-state index is -4.07. The molecular formula is C12H14F2N2O2S. The van der Waals surface area contributed by atoms with E-state index in [2.05, 4.69) is 0 Å². The third-order valence-electron chi connectivity index (χ3n) is 2.93. The molecule has 0 aromatic heterocycles. The maximum atomic E-state index is 13.7. The highest BCUT2D eigenvalue weighted by Crippen LogP contribution is 2.26. The minimum absolute atomic E-state index is 0.123. The summed E-state index contributed by atoms with van der Waals surface area (Å²) >= 11 is 0. The lowest BCUT2D eigenvalue weighted by molar-refractivity contribution is 0.418. The SMILES string of the molecule is CC1=CCCN(S(=O)(=O)c2cc(N)cc(F)c2F)C1. The van der Waals surface area contributed by atoms with E-state index in [9.17, 15) is 17.2 Å². The zero-order valence-corrected chi connectivity index (χ0v) is 11.2. The van der Waals surface area contributed by atoms with Gasteiger partial charge >= 0.3 is 0 Å². The monoisotopic (exact) mass is 288 g/mol. The van der Waals surface area contributed by atoms with Crippen LogP contribution < -0.4 is 5.73 Å². The van der Waals surface area contributed by atoms with Gasteiger partial charge in [-0.1, -0.05) is 11.6 Å². The molecule has 0 aliphatic carbocycles. The van der Waals surface area contributed by atoms with E-state index in [4.69, 9.17) is 5.73 Å². The van der Waals surface area contributed by atoms with Gasteiger partial charge < -0.3 is 5.73 Å². The van der Waals surface area contributed by atoms with Gasteiger partial charge in [-0.05, 0) is 25.5 Å². The second-order valence-electron chi connectivity index (χ2n) is 4.49. The molecule has 0 fully saturated rings. The highest BCUT2D eigenvalue weighted by molar-refractivity contribution is 7.89. The first-order valence-electron chi connectivity index (χ1n) is 5.72. The fourth-order valence-corrected chi connectivity index (χ4v) is 3.60. The molecule has 1 aromatic carbocycles. The minimum Gasteiger partial charge on any atom is -0.399 e. The Kier molecular flexibility index (Phi) is 3.60. The maximum absolute atomic E-state index is 13.7. The van der Waals surface area contributed by atoms with Crippen LogP contribution in [-0.4, -0.2) is 25.8 Å². The van der Waals surface area contributed by atoms with Gasteiger partial charge in [0, 0.05) is 18.8 Å². The van der Waals surface area contributed by atoms with E-state index < -0.39 is 26.6 Å². The second kappa shape index (κ2) is 4.90. The van der Waals surface area contributed by atoms with E-state index in [1.807, 2.05) is 6.08 Å². The van der Waals surface area contributed by atoms with Gasteiger partial charge in [0.25, 0.3) is 0 Å². The van der Waals surface area contributed by atoms with Crippen molar-refractivity contribution in [1.29, 1.82) is 0 Å². The highest BCUT2D eigenvalue weighted by Gasteiger charge is 2.30. The van der Waals surface area contributed by atoms with E-state index in [0.29, 0.717) is 6.42 Å². The largest absolute Gasteiger partial charge is 0.399 e. The lowest BCUT2D eigenvalue weighted by Gasteiger charge is -2.25. The Bertz CT molecular complexity index is 641. The Hall–Kier alpha value is -1.47. The first kappa shape index (κ1) is 14.0. The molecule has 2 rings (SSSR count). The summed E-state index contributed by atoms with van der Waals surface area (Å²) in [6.45, 7) is 2.21. The molecule has 4 nitrogen and oxygen atoms in total. The molecule has 0 bridgehead atoms. The molecule has 1 aliphatic rings. The van der Waals surface area contributed by atoms with Crippen LogP contribution in [0, 0.1) is 11.6 Å². The van der Waals surface area contributed by atoms with Gasteiger partial charge in [0.2, 0.25) is 10.0 Å². The van der Waals surface area contributed by atoms with Crippen molar-refractivity contribution in [3.8, 4) is 0 Å². The third-order valence-corrected chi connectivity index (χ3v) is 4.78. The molecule has 0 unspecified atom stereocenters. The van der Waals surface area contributed by atoms with Crippen molar-refractivity contribution in [2.45, 2.75) is 18.2 Å². The molecule has 1 heterocycles. The van der Waals surface area contributed by atoms with Crippen LogP contribution >= 0.6 is 0 Å². The Balaban J connectivity index is 2.48. The Morgan fingerprint density at radius 2 is 2.00 bits per heavy atom. The van der Waals surface area contributed by atoms with Crippen LogP contribution in [0.25, 0.3) is 0 Å². The Labute approximate surface area is 110 Å². The number of nitrogens with zero attached hydrogens (tertiary/aromatic N) is 1. The van der Waals surface area contributed by atoms with Crippen molar-refractivity contribution in [3.63, 3.8) is 0 Å². The van der Waals surface area contributed by atoms with Gasteiger partial charge in [0.05, 0.1) is 0 Å².